The molecule has 4 heteroatoms. The number of rotatable bonds is 8. The van der Waals surface area contributed by atoms with Crippen LogP contribution >= 0.6 is 0 Å². The van der Waals surface area contributed by atoms with Gasteiger partial charge < -0.3 is 0 Å². The van der Waals surface area contributed by atoms with Gasteiger partial charge in [0.2, 0.25) is 0 Å². The number of para-hydroxylation sites is 2. The van der Waals surface area contributed by atoms with Gasteiger partial charge in [-0.1, -0.05) is 97.9 Å². The van der Waals surface area contributed by atoms with Gasteiger partial charge in [0.05, 0.1) is 0 Å². The molecule has 0 bridgehead atoms. The molecule has 5 rings (SSSR count). The fourth-order valence-corrected chi connectivity index (χ4v) is 5.71. The summed E-state index contributed by atoms with van der Waals surface area (Å²) < 4.78 is 9.01. The van der Waals surface area contributed by atoms with E-state index in [2.05, 4.69) is 172 Å². The van der Waals surface area contributed by atoms with E-state index in [9.17, 15) is 0 Å². The van der Waals surface area contributed by atoms with Crippen molar-refractivity contribution in [2.75, 3.05) is 0 Å². The molecule has 0 saturated heterocycles. The van der Waals surface area contributed by atoms with Gasteiger partial charge in [-0.2, -0.15) is 0 Å². The first-order valence-electron chi connectivity index (χ1n) is 14.7. The molecular weight excluding hydrogens is 488 g/mol. The van der Waals surface area contributed by atoms with Crippen molar-refractivity contribution in [2.45, 2.75) is 79.1 Å². The maximum atomic E-state index is 2.29. The summed E-state index contributed by atoms with van der Waals surface area (Å²) in [5, 5.41) is 0. The topological polar surface area (TPSA) is 17.6 Å². The van der Waals surface area contributed by atoms with Crippen molar-refractivity contribution >= 4 is 0 Å². The molecule has 3 aromatic carbocycles. The minimum Gasteiger partial charge on any atom is -0.202 e. The van der Waals surface area contributed by atoms with Gasteiger partial charge in [0.1, 0.15) is 47.5 Å². The van der Waals surface area contributed by atoms with E-state index >= 15 is 0 Å². The monoisotopic (exact) mass is 532 g/mol. The minimum absolute atomic E-state index is 0.449. The summed E-state index contributed by atoms with van der Waals surface area (Å²) in [6.07, 6.45) is 13.1. The summed E-state index contributed by atoms with van der Waals surface area (Å²) in [4.78, 5) is 0. The quantitative estimate of drug-likeness (QED) is 0.179. The van der Waals surface area contributed by atoms with Gasteiger partial charge in [-0.15, -0.1) is 0 Å². The van der Waals surface area contributed by atoms with Crippen LogP contribution in [0.4, 0.5) is 0 Å². The number of nitrogens with zero attached hydrogens (tertiary/aromatic N) is 4. The van der Waals surface area contributed by atoms with Gasteiger partial charge >= 0.3 is 0 Å². The Hall–Kier alpha value is -3.92. The van der Waals surface area contributed by atoms with E-state index in [4.69, 9.17) is 0 Å². The molecule has 4 nitrogen and oxygen atoms in total. The zero-order chi connectivity index (χ0) is 28.6. The third kappa shape index (κ3) is 5.28. The summed E-state index contributed by atoms with van der Waals surface area (Å²) in [5.41, 5.74) is 10.4. The van der Waals surface area contributed by atoms with E-state index in [1.807, 2.05) is 0 Å². The third-order valence-electron chi connectivity index (χ3n) is 7.90. The predicted octanol–water partition coefficient (Wildman–Crippen LogP) is 8.32. The Morgan fingerprint density at radius 3 is 1.12 bits per heavy atom. The van der Waals surface area contributed by atoms with Crippen molar-refractivity contribution in [1.82, 2.24) is 9.13 Å². The van der Waals surface area contributed by atoms with Crippen LogP contribution in [0, 0.1) is 0 Å². The first-order chi connectivity index (χ1) is 19.2. The van der Waals surface area contributed by atoms with Crippen molar-refractivity contribution in [3.05, 3.63) is 120 Å². The molecule has 0 unspecified atom stereocenters. The normalized spacial score (nSPS) is 11.9. The Balaban J connectivity index is 1.52. The van der Waals surface area contributed by atoms with E-state index in [-0.39, 0.29) is 0 Å². The maximum absolute atomic E-state index is 2.29. The van der Waals surface area contributed by atoms with Crippen LogP contribution in [0.2, 0.25) is 0 Å². The second kappa shape index (κ2) is 11.3. The SMILES string of the molecule is CC(C)c1cccc(C(C)C)c1-[n+]1ccn(-c2cccc(-n3cc[n+](-c4c(C(C)C)cccc4C(C)C)c3)c2)c1. The molecule has 0 N–H and O–H groups in total. The average molecular weight is 533 g/mol. The second-order valence-corrected chi connectivity index (χ2v) is 12.2. The van der Waals surface area contributed by atoms with Crippen LogP contribution < -0.4 is 9.13 Å². The molecule has 0 aliphatic heterocycles. The molecule has 0 saturated carbocycles. The van der Waals surface area contributed by atoms with Gasteiger partial charge in [-0.3, -0.25) is 0 Å². The Morgan fingerprint density at radius 2 is 0.800 bits per heavy atom. The predicted molar refractivity (Wildman–Crippen MR) is 165 cm³/mol. The van der Waals surface area contributed by atoms with Crippen LogP contribution in [0.25, 0.3) is 22.7 Å². The van der Waals surface area contributed by atoms with Crippen LogP contribution in [0.1, 0.15) is 101 Å². The average Bonchev–Trinajstić information content (AvgIpc) is 3.63. The van der Waals surface area contributed by atoms with Crippen molar-refractivity contribution in [2.24, 2.45) is 0 Å². The Morgan fingerprint density at radius 1 is 0.475 bits per heavy atom. The number of hydrogen-bond acceptors (Lipinski definition) is 0. The lowest BCUT2D eigenvalue weighted by Gasteiger charge is -2.16. The molecule has 206 valence electrons. The second-order valence-electron chi connectivity index (χ2n) is 12.2. The lowest BCUT2D eigenvalue weighted by Crippen LogP contribution is -2.31. The highest BCUT2D eigenvalue weighted by molar-refractivity contribution is 5.47. The van der Waals surface area contributed by atoms with E-state index in [1.165, 1.54) is 33.6 Å². The lowest BCUT2D eigenvalue weighted by atomic mass is 9.92. The smallest absolute Gasteiger partial charge is 0.202 e. The zero-order valence-corrected chi connectivity index (χ0v) is 25.3. The summed E-state index contributed by atoms with van der Waals surface area (Å²) >= 11 is 0. The Bertz CT molecular complexity index is 1440. The van der Waals surface area contributed by atoms with Crippen LogP contribution in [0.5, 0.6) is 0 Å². The summed E-state index contributed by atoms with van der Waals surface area (Å²) in [6, 6.07) is 22.2. The highest BCUT2D eigenvalue weighted by atomic mass is 15.1. The summed E-state index contributed by atoms with van der Waals surface area (Å²) in [6.45, 7) is 18.2. The third-order valence-corrected chi connectivity index (χ3v) is 7.90. The minimum atomic E-state index is 0.449. The fraction of sp³-hybridized carbons (Fsp3) is 0.333. The first-order valence-corrected chi connectivity index (χ1v) is 14.7. The number of aromatic nitrogens is 4. The standard InChI is InChI=1S/C36H44N4/c1-25(2)31-14-10-15-32(26(3)4)35(31)39-20-18-37(23-39)29-12-9-13-30(22-29)38-19-21-40(24-38)36-33(27(5)6)16-11-17-34(36)28(7)8/h9-28H,1-8H3/q+2. The molecule has 2 heterocycles. The van der Waals surface area contributed by atoms with Crippen LogP contribution in [0.3, 0.4) is 0 Å². The molecule has 40 heavy (non-hydrogen) atoms. The molecule has 0 aliphatic carbocycles. The highest BCUT2D eigenvalue weighted by Crippen LogP contribution is 2.29. The first kappa shape index (κ1) is 27.6. The van der Waals surface area contributed by atoms with Crippen LogP contribution in [-0.2, 0) is 0 Å². The van der Waals surface area contributed by atoms with Gasteiger partial charge in [-0.05, 0) is 35.8 Å². The summed E-state index contributed by atoms with van der Waals surface area (Å²) in [7, 11) is 0. The van der Waals surface area contributed by atoms with Gasteiger partial charge in [-0.25, -0.2) is 18.3 Å². The molecule has 0 amide bonds. The molecule has 0 radical (unpaired) electrons. The van der Waals surface area contributed by atoms with E-state index in [0.717, 1.165) is 11.4 Å². The zero-order valence-electron chi connectivity index (χ0n) is 25.3. The van der Waals surface area contributed by atoms with E-state index < -0.39 is 0 Å². The van der Waals surface area contributed by atoms with Gasteiger partial charge in [0.15, 0.2) is 0 Å². The lowest BCUT2D eigenvalue weighted by molar-refractivity contribution is -0.596. The maximum Gasteiger partial charge on any atom is 0.254 e. The van der Waals surface area contributed by atoms with Gasteiger partial charge in [0, 0.05) is 28.3 Å². The van der Waals surface area contributed by atoms with Crippen LogP contribution in [-0.4, -0.2) is 9.13 Å². The number of hydrogen-bond donors (Lipinski definition) is 0. The van der Waals surface area contributed by atoms with Crippen molar-refractivity contribution in [1.29, 1.82) is 0 Å². The van der Waals surface area contributed by atoms with E-state index in [0.29, 0.717) is 23.7 Å². The molecule has 2 aromatic heterocycles. The van der Waals surface area contributed by atoms with Crippen molar-refractivity contribution < 1.29 is 9.13 Å². The molecule has 5 aromatic rings. The number of benzene rings is 3. The van der Waals surface area contributed by atoms with E-state index in [1.54, 1.807) is 0 Å². The molecule has 0 fully saturated rings. The van der Waals surface area contributed by atoms with Crippen molar-refractivity contribution in [3.8, 4) is 22.7 Å². The Kier molecular flexibility index (Phi) is 7.80. The van der Waals surface area contributed by atoms with Crippen molar-refractivity contribution in [3.63, 3.8) is 0 Å². The fourth-order valence-electron chi connectivity index (χ4n) is 5.71. The van der Waals surface area contributed by atoms with Crippen LogP contribution in [0.15, 0.2) is 98.1 Å². The highest BCUT2D eigenvalue weighted by Gasteiger charge is 2.22. The largest absolute Gasteiger partial charge is 0.254 e. The van der Waals surface area contributed by atoms with Gasteiger partial charge in [0.25, 0.3) is 12.7 Å². The summed E-state index contributed by atoms with van der Waals surface area (Å²) in [5.74, 6) is 1.80. The molecule has 0 aliphatic rings. The molecular formula is C36H44N4+2. The molecule has 0 atom stereocenters. The Labute approximate surface area is 240 Å². The molecule has 0 spiro atoms. The number of imidazole rings is 2.